The third-order valence-corrected chi connectivity index (χ3v) is 28.8. The number of aromatic nitrogens is 14. The summed E-state index contributed by atoms with van der Waals surface area (Å²) in [5.74, 6) is 6.19. The second-order valence-electron chi connectivity index (χ2n) is 37.1. The van der Waals surface area contributed by atoms with Crippen LogP contribution >= 0.6 is 0 Å². The van der Waals surface area contributed by atoms with Gasteiger partial charge in [0.05, 0.1) is 116 Å². The second kappa shape index (κ2) is 46.5. The van der Waals surface area contributed by atoms with Gasteiger partial charge in [-0.25, -0.2) is 14.0 Å². The van der Waals surface area contributed by atoms with Crippen molar-refractivity contribution in [1.29, 1.82) is 0 Å². The molecular weight excluding hydrogens is 1820 g/mol. The Morgan fingerprint density at radius 2 is 0.647 bits per heavy atom. The molecule has 2 saturated heterocycles. The van der Waals surface area contributed by atoms with Gasteiger partial charge in [-0.2, -0.15) is 44.1 Å². The number of hydrogen-bond donors (Lipinski definition) is 1. The van der Waals surface area contributed by atoms with Crippen molar-refractivity contribution < 1.29 is 83.6 Å². The van der Waals surface area contributed by atoms with E-state index in [1.807, 2.05) is 178 Å². The maximum absolute atomic E-state index is 11.2. The summed E-state index contributed by atoms with van der Waals surface area (Å²) in [6.07, 6.45) is 23.0. The van der Waals surface area contributed by atoms with Crippen molar-refractivity contribution in [1.82, 2.24) is 78.3 Å². The molecule has 28 nitrogen and oxygen atoms in total. The maximum atomic E-state index is 11.2. The second-order valence-corrected chi connectivity index (χ2v) is 55.6. The molecule has 0 amide bonds. The summed E-state index contributed by atoms with van der Waals surface area (Å²) < 4.78 is 82.4. The van der Waals surface area contributed by atoms with Crippen LogP contribution in [0.4, 0.5) is 0 Å². The third kappa shape index (κ3) is 28.9. The number of allylic oxidation sites excluding steroid dienone is 1. The molecule has 8 aromatic carbocycles. The number of rotatable bonds is 39. The number of likely N-dealkylation sites (tertiary alicyclic amines) is 2. The van der Waals surface area contributed by atoms with Gasteiger partial charge in [-0.1, -0.05) is 71.1 Å². The standard InChI is InChI=1S/C28H37N5O2Si.C25H32N4O5SSi.C24H30N4O3Si.C23H24N4O.Y/c1-36(2,3)19-18-34-22-33-28(12-13-29-33)23-6-8-25(9-7-23)35-26-10-11-27-24(20-26)21-30-32(27)17-16-31-14-4-5-15-31;1-35(30,31)33-14-13-28-24-10-9-23(17-21(24)18-27-28)34-22-7-5-20(6-8-22)25-11-12-26-29(25)19-32-15-16-36(2,3)4;1-32(2,3)15-14-30-18-28-24(10-11-25-28)19-4-6-21(7-5-19)31-22-8-9-23-20(16-22)17-26-27(23)12-13-29;1-2-12-26(11-1)13-14-27-23-8-7-22(15-20(23)17-25-27)28-21-5-3-18(4-6-21)19-9-10-24-16-19;/h6-13,20-21H,4-5,14-19,22H2,1-3H3;5-12,17-18H,13-16,19H2,1-4H3;4-11,16-17,29H,12-15,18H2,1-3H3;3-10,15,17H,1-2,11-14,16H2;. The molecule has 2 fully saturated rings. The van der Waals surface area contributed by atoms with E-state index >= 15 is 0 Å². The van der Waals surface area contributed by atoms with Gasteiger partial charge in [0.2, 0.25) is 0 Å². The van der Waals surface area contributed by atoms with E-state index in [2.05, 4.69) is 173 Å². The summed E-state index contributed by atoms with van der Waals surface area (Å²) in [7, 11) is -6.78. The van der Waals surface area contributed by atoms with Crippen molar-refractivity contribution >= 4 is 89.7 Å². The maximum Gasteiger partial charge on any atom is 0.264 e. The van der Waals surface area contributed by atoms with E-state index in [-0.39, 0.29) is 45.9 Å². The summed E-state index contributed by atoms with van der Waals surface area (Å²) in [4.78, 5) is 9.27. The Hall–Kier alpha value is -10.7. The zero-order chi connectivity index (χ0) is 92.0. The van der Waals surface area contributed by atoms with Gasteiger partial charge in [0.1, 0.15) is 66.2 Å². The monoisotopic (exact) mass is 1940 g/mol. The Labute approximate surface area is 807 Å². The summed E-state index contributed by atoms with van der Waals surface area (Å²) >= 11 is 0. The van der Waals surface area contributed by atoms with Crippen molar-refractivity contribution in [2.45, 2.75) is 149 Å². The van der Waals surface area contributed by atoms with Gasteiger partial charge in [-0.05, 0) is 263 Å². The molecule has 33 heteroatoms. The number of aliphatic hydroxyl groups excluding tert-OH is 1. The first-order chi connectivity index (χ1) is 63.8. The Balaban J connectivity index is 0.000000143. The van der Waals surface area contributed by atoms with Crippen LogP contribution < -0.4 is 18.9 Å². The summed E-state index contributed by atoms with van der Waals surface area (Å²) in [5, 5.41) is 44.3. The fourth-order valence-corrected chi connectivity index (χ4v) is 18.3. The van der Waals surface area contributed by atoms with Crippen LogP contribution in [0.15, 0.2) is 243 Å². The average molecular weight is 1940 g/mol. The summed E-state index contributed by atoms with van der Waals surface area (Å²) in [6.45, 7) is 35.3. The van der Waals surface area contributed by atoms with Gasteiger partial charge >= 0.3 is 0 Å². The van der Waals surface area contributed by atoms with Gasteiger partial charge < -0.3 is 48.1 Å². The van der Waals surface area contributed by atoms with E-state index in [0.717, 1.165) is 189 Å². The molecule has 695 valence electrons. The smallest absolute Gasteiger partial charge is 0.264 e. The van der Waals surface area contributed by atoms with Crippen LogP contribution in [0.25, 0.3) is 83.0 Å². The van der Waals surface area contributed by atoms with Gasteiger partial charge in [0.25, 0.3) is 10.1 Å². The van der Waals surface area contributed by atoms with E-state index in [1.165, 1.54) is 63.0 Å². The molecule has 0 spiro atoms. The summed E-state index contributed by atoms with van der Waals surface area (Å²) in [5.41, 5.74) is 12.8. The zero-order valence-electron chi connectivity index (χ0n) is 78.1. The Morgan fingerprint density at radius 1 is 0.346 bits per heavy atom. The van der Waals surface area contributed by atoms with Crippen molar-refractivity contribution in [3.63, 3.8) is 0 Å². The van der Waals surface area contributed by atoms with Crippen LogP contribution in [0.3, 0.4) is 0 Å². The topological polar surface area (TPSA) is 272 Å². The van der Waals surface area contributed by atoms with E-state index in [4.69, 9.17) is 42.4 Å². The SMILES string of the molecule is C1=NCC(c2ccc(Oc3ccc4c(cnn4CCN4CCCC4)c3)cc2)=C1.C[Si](C)(C)CCOCn1nccc1-c1ccc(Oc2ccc3c(cnn3CCN3CCCC3)c2)cc1.C[Si](C)(C)CCOCn1nccc1-c1ccc(Oc2ccc3c(cnn3CCO)c2)cc1.C[Si](C)(C)CCOCn1nccc1-c1ccc(Oc2ccc3c(cnn3CCOS(C)(=O)=O)c2)cc1.[Y]. The molecule has 0 unspecified atom stereocenters. The number of aliphatic imine (C=N–C) groups is 1. The normalized spacial score (nSPS) is 13.7. The molecule has 0 bridgehead atoms. The van der Waals surface area contributed by atoms with Crippen molar-refractivity contribution in [2.24, 2.45) is 4.99 Å². The van der Waals surface area contributed by atoms with Crippen LogP contribution in [-0.2, 0) is 108 Å². The largest absolute Gasteiger partial charge is 0.457 e. The Bertz CT molecular complexity index is 6420. The van der Waals surface area contributed by atoms with Crippen LogP contribution in [0.5, 0.6) is 46.0 Å². The van der Waals surface area contributed by atoms with Crippen molar-refractivity contribution in [3.8, 4) is 79.8 Å². The van der Waals surface area contributed by atoms with Gasteiger partial charge in [-0.3, -0.25) is 27.9 Å². The predicted octanol–water partition coefficient (Wildman–Crippen LogP) is 20.5. The van der Waals surface area contributed by atoms with Crippen LogP contribution in [0, 0.1) is 0 Å². The summed E-state index contributed by atoms with van der Waals surface area (Å²) in [6, 6.07) is 65.5. The van der Waals surface area contributed by atoms with E-state index in [9.17, 15) is 8.42 Å². The first-order valence-corrected chi connectivity index (χ1v) is 58.6. The number of aliphatic hydroxyl groups is 1. The number of hydrogen-bond acceptors (Lipinski definition) is 21. The Morgan fingerprint density at radius 3 is 0.940 bits per heavy atom. The molecule has 1 N–H and O–H groups in total. The minimum absolute atomic E-state index is 0. The van der Waals surface area contributed by atoms with Gasteiger partial charge in [0, 0.05) is 153 Å². The zero-order valence-corrected chi connectivity index (χ0v) is 84.8. The molecule has 18 rings (SSSR count). The van der Waals surface area contributed by atoms with Crippen molar-refractivity contribution in [3.05, 3.63) is 243 Å². The molecular formula is C100H123N17O11SSi3Y. The van der Waals surface area contributed by atoms with Crippen LogP contribution in [-0.4, -0.2) is 207 Å². The molecule has 3 aliphatic rings. The van der Waals surface area contributed by atoms with Crippen LogP contribution in [0.1, 0.15) is 31.2 Å². The van der Waals surface area contributed by atoms with Crippen molar-refractivity contribution in [2.75, 3.05) is 85.1 Å². The number of benzene rings is 8. The number of nitrogens with zero attached hydrogens (tertiary/aromatic N) is 17. The molecule has 3 aliphatic heterocycles. The molecule has 133 heavy (non-hydrogen) atoms. The molecule has 0 saturated carbocycles. The molecule has 1 radical (unpaired) electrons. The van der Waals surface area contributed by atoms with Gasteiger partial charge in [-0.15, -0.1) is 0 Å². The van der Waals surface area contributed by atoms with Crippen LogP contribution in [0.2, 0.25) is 77.1 Å². The molecule has 7 aromatic heterocycles. The first-order valence-electron chi connectivity index (χ1n) is 45.6. The molecule has 0 atom stereocenters. The molecule has 15 aromatic rings. The fraction of sp³-hybridized carbons (Fsp3) is 0.360. The van der Waals surface area contributed by atoms with E-state index in [0.29, 0.717) is 44.8 Å². The van der Waals surface area contributed by atoms with E-state index < -0.39 is 34.3 Å². The van der Waals surface area contributed by atoms with Gasteiger partial charge in [0.15, 0.2) is 0 Å². The minimum Gasteiger partial charge on any atom is -0.457 e. The Kier molecular flexibility index (Phi) is 34.4. The number of fused-ring (bicyclic) bond motifs is 4. The quantitative estimate of drug-likeness (QED) is 0.0213. The third-order valence-electron chi connectivity index (χ3n) is 23.1. The fourth-order valence-electron chi connectivity index (χ4n) is 15.6. The first kappa shape index (κ1) is 98.3. The van der Waals surface area contributed by atoms with E-state index in [1.54, 1.807) is 34.2 Å². The molecule has 0 aliphatic carbocycles. The minimum atomic E-state index is -3.47. The predicted molar refractivity (Wildman–Crippen MR) is 532 cm³/mol. The number of ether oxygens (including phenoxy) is 7. The average Bonchev–Trinajstić information content (AvgIpc) is 1.67. The molecule has 10 heterocycles.